The van der Waals surface area contributed by atoms with E-state index in [4.69, 9.17) is 33.0 Å². The van der Waals surface area contributed by atoms with Crippen LogP contribution in [0.3, 0.4) is 0 Å². The topological polar surface area (TPSA) is 81.6 Å². The molecule has 4 N–H and O–H groups in total. The van der Waals surface area contributed by atoms with Gasteiger partial charge in [-0.1, -0.05) is 29.3 Å². The van der Waals surface area contributed by atoms with Gasteiger partial charge in [-0.3, -0.25) is 0 Å². The summed E-state index contributed by atoms with van der Waals surface area (Å²) in [4.78, 5) is 17.0. The Hall–Kier alpha value is -0.290. The van der Waals surface area contributed by atoms with Crippen LogP contribution in [0.25, 0.3) is 0 Å². The smallest absolute Gasteiger partial charge is 0.311 e. The average Bonchev–Trinajstić information content (AvgIpc) is 2.06. The summed E-state index contributed by atoms with van der Waals surface area (Å²) in [7, 11) is -4.33. The van der Waals surface area contributed by atoms with Gasteiger partial charge in [0.25, 0.3) is 0 Å². The maximum Gasteiger partial charge on any atom is 0.417 e. The van der Waals surface area contributed by atoms with Crippen LogP contribution in [0.4, 0.5) is 5.69 Å². The summed E-state index contributed by atoms with van der Waals surface area (Å²) in [5.41, 5.74) is 2.56. The molecule has 14 heavy (non-hydrogen) atoms. The van der Waals surface area contributed by atoms with Gasteiger partial charge in [0.2, 0.25) is 0 Å². The lowest BCUT2D eigenvalue weighted by molar-refractivity contribution is 0.362. The van der Waals surface area contributed by atoms with Gasteiger partial charge in [0, 0.05) is 0 Å². The van der Waals surface area contributed by atoms with E-state index in [2.05, 4.69) is 5.43 Å². The van der Waals surface area contributed by atoms with E-state index in [1.807, 2.05) is 0 Å². The number of benzene rings is 1. The van der Waals surface area contributed by atoms with E-state index in [0.717, 1.165) is 0 Å². The second-order valence-corrected chi connectivity index (χ2v) is 4.48. The lowest BCUT2D eigenvalue weighted by atomic mass is 10.3. The van der Waals surface area contributed by atoms with E-state index < -0.39 is 7.75 Å². The molecule has 1 rings (SSSR count). The molecule has 5 nitrogen and oxygen atoms in total. The molecule has 78 valence electrons. The maximum atomic E-state index is 10.4. The highest BCUT2D eigenvalue weighted by atomic mass is 35.5. The Bertz CT molecular complexity index is 381. The van der Waals surface area contributed by atoms with Crippen molar-refractivity contribution in [3.8, 4) is 0 Å². The van der Waals surface area contributed by atoms with E-state index >= 15 is 0 Å². The van der Waals surface area contributed by atoms with Crippen LogP contribution in [-0.2, 0) is 4.57 Å². The molecule has 8 heteroatoms. The van der Waals surface area contributed by atoms with Gasteiger partial charge in [0.15, 0.2) is 0 Å². The molecule has 0 radical (unpaired) electrons. The van der Waals surface area contributed by atoms with Crippen LogP contribution in [0.5, 0.6) is 0 Å². The summed E-state index contributed by atoms with van der Waals surface area (Å²) in [6, 6.07) is 4.68. The fourth-order valence-electron chi connectivity index (χ4n) is 0.733. The standard InChI is InChI=1S/C6H7Cl2N2O3P/c7-4-2-1-3-5(6(4)8)9-10-14(11,12)13/h1-3,9H,(H3,10,11,12,13). The Labute approximate surface area is 90.2 Å². The molecule has 0 bridgehead atoms. The van der Waals surface area contributed by atoms with E-state index in [0.29, 0.717) is 10.7 Å². The van der Waals surface area contributed by atoms with Gasteiger partial charge in [0.05, 0.1) is 15.7 Å². The van der Waals surface area contributed by atoms with Crippen molar-refractivity contribution >= 4 is 36.6 Å². The zero-order chi connectivity index (χ0) is 10.8. The normalized spacial score (nSPS) is 11.4. The zero-order valence-corrected chi connectivity index (χ0v) is 9.14. The van der Waals surface area contributed by atoms with E-state index in [1.165, 1.54) is 6.07 Å². The first kappa shape index (κ1) is 11.8. The van der Waals surface area contributed by atoms with Crippen molar-refractivity contribution in [2.24, 2.45) is 0 Å². The van der Waals surface area contributed by atoms with Crippen molar-refractivity contribution in [1.29, 1.82) is 0 Å². The number of hydrogen-bond donors (Lipinski definition) is 4. The number of anilines is 1. The number of rotatable bonds is 3. The molecule has 0 amide bonds. The Morgan fingerprint density at radius 1 is 1.29 bits per heavy atom. The molecular weight excluding hydrogens is 250 g/mol. The highest BCUT2D eigenvalue weighted by molar-refractivity contribution is 7.49. The van der Waals surface area contributed by atoms with Gasteiger partial charge in [-0.25, -0.2) is 4.57 Å². The Morgan fingerprint density at radius 2 is 1.93 bits per heavy atom. The predicted molar refractivity (Wildman–Crippen MR) is 55.3 cm³/mol. The fourth-order valence-corrected chi connectivity index (χ4v) is 1.35. The summed E-state index contributed by atoms with van der Waals surface area (Å²) in [5.74, 6) is 0. The summed E-state index contributed by atoms with van der Waals surface area (Å²) >= 11 is 11.4. The molecule has 0 fully saturated rings. The quantitative estimate of drug-likeness (QED) is 0.491. The highest BCUT2D eigenvalue weighted by Gasteiger charge is 2.12. The molecule has 0 aromatic heterocycles. The third-order valence-corrected chi connectivity index (χ3v) is 2.51. The van der Waals surface area contributed by atoms with E-state index in [9.17, 15) is 4.57 Å². The second-order valence-electron chi connectivity index (χ2n) is 2.38. The van der Waals surface area contributed by atoms with Crippen LogP contribution < -0.4 is 10.6 Å². The molecule has 1 aromatic carbocycles. The molecule has 0 atom stereocenters. The maximum absolute atomic E-state index is 10.4. The third-order valence-electron chi connectivity index (χ3n) is 1.29. The molecule has 0 aliphatic rings. The Kier molecular flexibility index (Phi) is 3.78. The van der Waals surface area contributed by atoms with Crippen molar-refractivity contribution in [1.82, 2.24) is 5.20 Å². The van der Waals surface area contributed by atoms with Gasteiger partial charge >= 0.3 is 7.75 Å². The fraction of sp³-hybridized carbons (Fsp3) is 0. The van der Waals surface area contributed by atoms with Crippen LogP contribution >= 0.6 is 30.9 Å². The van der Waals surface area contributed by atoms with E-state index in [-0.39, 0.29) is 5.02 Å². The first-order valence-electron chi connectivity index (χ1n) is 3.43. The van der Waals surface area contributed by atoms with Crippen molar-refractivity contribution in [3.63, 3.8) is 0 Å². The Balaban J connectivity index is 2.78. The van der Waals surface area contributed by atoms with Crippen molar-refractivity contribution in [2.75, 3.05) is 5.43 Å². The summed E-state index contributed by atoms with van der Waals surface area (Å²) in [5, 5.41) is 2.27. The molecule has 0 unspecified atom stereocenters. The van der Waals surface area contributed by atoms with Gasteiger partial charge in [-0.05, 0) is 12.1 Å². The average molecular weight is 257 g/mol. The minimum absolute atomic E-state index is 0.190. The van der Waals surface area contributed by atoms with Crippen molar-refractivity contribution in [2.45, 2.75) is 0 Å². The van der Waals surface area contributed by atoms with Crippen LogP contribution in [0.1, 0.15) is 0 Å². The minimum Gasteiger partial charge on any atom is -0.311 e. The predicted octanol–water partition coefficient (Wildman–Crippen LogP) is 2.00. The molecule has 0 heterocycles. The number of hydrazine groups is 1. The molecule has 0 spiro atoms. The van der Waals surface area contributed by atoms with Crippen molar-refractivity contribution < 1.29 is 14.4 Å². The summed E-state index contributed by atoms with van der Waals surface area (Å²) < 4.78 is 10.4. The van der Waals surface area contributed by atoms with Gasteiger partial charge in [-0.2, -0.15) is 0 Å². The van der Waals surface area contributed by atoms with Crippen LogP contribution in [-0.4, -0.2) is 9.79 Å². The van der Waals surface area contributed by atoms with E-state index in [1.54, 1.807) is 17.3 Å². The first-order chi connectivity index (χ1) is 6.40. The largest absolute Gasteiger partial charge is 0.417 e. The zero-order valence-electron chi connectivity index (χ0n) is 6.74. The molecule has 0 aliphatic heterocycles. The van der Waals surface area contributed by atoms with Gasteiger partial charge in [-0.15, -0.1) is 5.20 Å². The highest BCUT2D eigenvalue weighted by Crippen LogP contribution is 2.32. The SMILES string of the molecule is O=P(O)(O)NNc1cccc(Cl)c1Cl. The monoisotopic (exact) mass is 256 g/mol. The van der Waals surface area contributed by atoms with Gasteiger partial charge < -0.3 is 15.2 Å². The molecule has 0 saturated carbocycles. The molecular formula is C6H7Cl2N2O3P. The number of hydrogen-bond acceptors (Lipinski definition) is 2. The lowest BCUT2D eigenvalue weighted by Gasteiger charge is -2.10. The molecule has 0 saturated heterocycles. The third kappa shape index (κ3) is 3.46. The van der Waals surface area contributed by atoms with Crippen LogP contribution in [0.2, 0.25) is 10.0 Å². The number of nitrogens with one attached hydrogen (secondary N) is 2. The van der Waals surface area contributed by atoms with Gasteiger partial charge in [0.1, 0.15) is 0 Å². The summed E-state index contributed by atoms with van der Waals surface area (Å²) in [6.07, 6.45) is 0. The molecule has 0 aliphatic carbocycles. The van der Waals surface area contributed by atoms with Crippen LogP contribution in [0, 0.1) is 0 Å². The van der Waals surface area contributed by atoms with Crippen LogP contribution in [0.15, 0.2) is 18.2 Å². The first-order valence-corrected chi connectivity index (χ1v) is 5.80. The minimum atomic E-state index is -4.33. The Morgan fingerprint density at radius 3 is 2.50 bits per heavy atom. The second kappa shape index (κ2) is 4.49. The number of halogens is 2. The molecule has 1 aromatic rings. The lowest BCUT2D eigenvalue weighted by Crippen LogP contribution is -2.17. The van der Waals surface area contributed by atoms with Crippen molar-refractivity contribution in [3.05, 3.63) is 28.2 Å². The summed E-state index contributed by atoms with van der Waals surface area (Å²) in [6.45, 7) is 0.